The zero-order valence-corrected chi connectivity index (χ0v) is 9.12. The Morgan fingerprint density at radius 2 is 2.12 bits per heavy atom. The standard InChI is InChI=1S/C13H15NO2/c15-12-5-4-10-9(8-13(16)6-7-13)2-1-3-11(10)14-12/h1-3,16H,4-8H2,(H,14,15). The molecule has 1 heterocycles. The van der Waals surface area contributed by atoms with Crippen LogP contribution in [0, 0.1) is 0 Å². The van der Waals surface area contributed by atoms with Gasteiger partial charge < -0.3 is 10.4 Å². The third-order valence-corrected chi connectivity index (χ3v) is 3.50. The first kappa shape index (κ1) is 9.85. The summed E-state index contributed by atoms with van der Waals surface area (Å²) in [7, 11) is 0. The predicted octanol–water partition coefficient (Wildman–Crippen LogP) is 1.64. The van der Waals surface area contributed by atoms with E-state index < -0.39 is 5.60 Å². The smallest absolute Gasteiger partial charge is 0.224 e. The Bertz CT molecular complexity index is 449. The minimum atomic E-state index is -0.462. The molecule has 1 amide bonds. The molecule has 0 spiro atoms. The molecule has 1 saturated carbocycles. The summed E-state index contributed by atoms with van der Waals surface area (Å²) in [6.07, 6.45) is 3.90. The van der Waals surface area contributed by atoms with E-state index in [-0.39, 0.29) is 5.91 Å². The highest BCUT2D eigenvalue weighted by molar-refractivity contribution is 5.94. The van der Waals surface area contributed by atoms with E-state index >= 15 is 0 Å². The molecule has 0 bridgehead atoms. The molecule has 0 atom stereocenters. The van der Waals surface area contributed by atoms with Gasteiger partial charge in [-0.15, -0.1) is 0 Å². The lowest BCUT2D eigenvalue weighted by Gasteiger charge is -2.21. The monoisotopic (exact) mass is 217 g/mol. The molecule has 0 unspecified atom stereocenters. The van der Waals surface area contributed by atoms with Crippen LogP contribution in [0.4, 0.5) is 5.69 Å². The lowest BCUT2D eigenvalue weighted by molar-refractivity contribution is -0.116. The Labute approximate surface area is 94.5 Å². The van der Waals surface area contributed by atoms with Crippen LogP contribution >= 0.6 is 0 Å². The maximum absolute atomic E-state index is 11.3. The molecule has 1 aromatic rings. The molecular weight excluding hydrogens is 202 g/mol. The topological polar surface area (TPSA) is 49.3 Å². The number of nitrogens with one attached hydrogen (secondary N) is 1. The molecule has 3 rings (SSSR count). The fourth-order valence-corrected chi connectivity index (χ4v) is 2.34. The molecule has 3 nitrogen and oxygen atoms in total. The Balaban J connectivity index is 1.93. The van der Waals surface area contributed by atoms with Crippen LogP contribution in [-0.4, -0.2) is 16.6 Å². The van der Waals surface area contributed by atoms with Gasteiger partial charge in [0.15, 0.2) is 0 Å². The van der Waals surface area contributed by atoms with Gasteiger partial charge >= 0.3 is 0 Å². The lowest BCUT2D eigenvalue weighted by atomic mass is 9.93. The van der Waals surface area contributed by atoms with Gasteiger partial charge in [0.2, 0.25) is 5.91 Å². The number of fused-ring (bicyclic) bond motifs is 1. The van der Waals surface area contributed by atoms with E-state index in [1.807, 2.05) is 12.1 Å². The number of rotatable bonds is 2. The first-order chi connectivity index (χ1) is 7.66. The van der Waals surface area contributed by atoms with Crippen LogP contribution < -0.4 is 5.32 Å². The van der Waals surface area contributed by atoms with Crippen molar-refractivity contribution >= 4 is 11.6 Å². The minimum Gasteiger partial charge on any atom is -0.390 e. The second kappa shape index (κ2) is 3.32. The van der Waals surface area contributed by atoms with Crippen LogP contribution in [0.15, 0.2) is 18.2 Å². The maximum Gasteiger partial charge on any atom is 0.224 e. The second-order valence-corrected chi connectivity index (χ2v) is 4.89. The van der Waals surface area contributed by atoms with Crippen molar-refractivity contribution < 1.29 is 9.90 Å². The largest absolute Gasteiger partial charge is 0.390 e. The highest BCUT2D eigenvalue weighted by Crippen LogP contribution is 2.40. The van der Waals surface area contributed by atoms with Gasteiger partial charge in [-0.2, -0.15) is 0 Å². The van der Waals surface area contributed by atoms with Crippen molar-refractivity contribution in [3.8, 4) is 0 Å². The summed E-state index contributed by atoms with van der Waals surface area (Å²) < 4.78 is 0. The van der Waals surface area contributed by atoms with E-state index in [0.29, 0.717) is 6.42 Å². The summed E-state index contributed by atoms with van der Waals surface area (Å²) in [6, 6.07) is 5.95. The summed E-state index contributed by atoms with van der Waals surface area (Å²) in [5.74, 6) is 0.0924. The molecule has 1 aromatic carbocycles. The van der Waals surface area contributed by atoms with Crippen molar-refractivity contribution in [2.45, 2.75) is 37.7 Å². The van der Waals surface area contributed by atoms with E-state index in [2.05, 4.69) is 11.4 Å². The molecule has 0 saturated heterocycles. The fraction of sp³-hybridized carbons (Fsp3) is 0.462. The van der Waals surface area contributed by atoms with Gasteiger partial charge in [-0.05, 0) is 36.5 Å². The van der Waals surface area contributed by atoms with Gasteiger partial charge in [-0.3, -0.25) is 4.79 Å². The van der Waals surface area contributed by atoms with Gasteiger partial charge in [0, 0.05) is 18.5 Å². The van der Waals surface area contributed by atoms with Crippen molar-refractivity contribution in [2.24, 2.45) is 0 Å². The average Bonchev–Trinajstić information content (AvgIpc) is 2.96. The summed E-state index contributed by atoms with van der Waals surface area (Å²) >= 11 is 0. The molecule has 1 fully saturated rings. The molecule has 84 valence electrons. The summed E-state index contributed by atoms with van der Waals surface area (Å²) in [6.45, 7) is 0. The van der Waals surface area contributed by atoms with Gasteiger partial charge in [-0.25, -0.2) is 0 Å². The molecule has 2 aliphatic rings. The normalized spacial score (nSPS) is 21.2. The number of amides is 1. The first-order valence-corrected chi connectivity index (χ1v) is 5.79. The fourth-order valence-electron chi connectivity index (χ4n) is 2.34. The first-order valence-electron chi connectivity index (χ1n) is 5.79. The zero-order chi connectivity index (χ0) is 11.2. The molecule has 0 radical (unpaired) electrons. The summed E-state index contributed by atoms with van der Waals surface area (Å²) in [4.78, 5) is 11.3. The summed E-state index contributed by atoms with van der Waals surface area (Å²) in [5, 5.41) is 12.8. The van der Waals surface area contributed by atoms with Crippen molar-refractivity contribution in [1.29, 1.82) is 0 Å². The third-order valence-electron chi connectivity index (χ3n) is 3.50. The van der Waals surface area contributed by atoms with E-state index in [4.69, 9.17) is 0 Å². The van der Waals surface area contributed by atoms with Gasteiger partial charge in [0.1, 0.15) is 0 Å². The molecule has 1 aliphatic carbocycles. The lowest BCUT2D eigenvalue weighted by Crippen LogP contribution is -2.21. The Morgan fingerprint density at radius 3 is 2.88 bits per heavy atom. The molecular formula is C13H15NO2. The minimum absolute atomic E-state index is 0.0924. The SMILES string of the molecule is O=C1CCc2c(CC3(O)CC3)cccc2N1. The number of hydrogen-bond acceptors (Lipinski definition) is 2. The second-order valence-electron chi connectivity index (χ2n) is 4.89. The number of carbonyl (C=O) groups excluding carboxylic acids is 1. The number of benzene rings is 1. The quantitative estimate of drug-likeness (QED) is 0.791. The van der Waals surface area contributed by atoms with Crippen LogP contribution in [0.1, 0.15) is 30.4 Å². The van der Waals surface area contributed by atoms with Gasteiger partial charge in [0.25, 0.3) is 0 Å². The molecule has 2 N–H and O–H groups in total. The maximum atomic E-state index is 11.3. The number of carbonyl (C=O) groups is 1. The predicted molar refractivity (Wildman–Crippen MR) is 61.3 cm³/mol. The Morgan fingerprint density at radius 1 is 1.31 bits per heavy atom. The number of hydrogen-bond donors (Lipinski definition) is 2. The average molecular weight is 217 g/mol. The highest BCUT2D eigenvalue weighted by atomic mass is 16.3. The molecule has 3 heteroatoms. The van der Waals surface area contributed by atoms with Gasteiger partial charge in [-0.1, -0.05) is 12.1 Å². The van der Waals surface area contributed by atoms with Crippen LogP contribution in [0.2, 0.25) is 0 Å². The third kappa shape index (κ3) is 1.71. The van der Waals surface area contributed by atoms with Crippen molar-refractivity contribution in [1.82, 2.24) is 0 Å². The van der Waals surface area contributed by atoms with Crippen LogP contribution in [0.25, 0.3) is 0 Å². The van der Waals surface area contributed by atoms with E-state index in [0.717, 1.165) is 31.4 Å². The summed E-state index contributed by atoms with van der Waals surface area (Å²) in [5.41, 5.74) is 2.87. The van der Waals surface area contributed by atoms with E-state index in [1.165, 1.54) is 11.1 Å². The molecule has 1 aliphatic heterocycles. The zero-order valence-electron chi connectivity index (χ0n) is 9.12. The van der Waals surface area contributed by atoms with E-state index in [9.17, 15) is 9.90 Å². The van der Waals surface area contributed by atoms with Crippen molar-refractivity contribution in [2.75, 3.05) is 5.32 Å². The van der Waals surface area contributed by atoms with Gasteiger partial charge in [0.05, 0.1) is 5.60 Å². The Hall–Kier alpha value is -1.35. The number of anilines is 1. The molecule has 0 aromatic heterocycles. The molecule has 16 heavy (non-hydrogen) atoms. The van der Waals surface area contributed by atoms with E-state index in [1.54, 1.807) is 0 Å². The Kier molecular flexibility index (Phi) is 2.04. The highest BCUT2D eigenvalue weighted by Gasteiger charge is 2.40. The van der Waals surface area contributed by atoms with Crippen molar-refractivity contribution in [3.63, 3.8) is 0 Å². The van der Waals surface area contributed by atoms with Crippen LogP contribution in [0.3, 0.4) is 0 Å². The van der Waals surface area contributed by atoms with Crippen LogP contribution in [0.5, 0.6) is 0 Å². The van der Waals surface area contributed by atoms with Crippen LogP contribution in [-0.2, 0) is 17.6 Å². The van der Waals surface area contributed by atoms with Crippen molar-refractivity contribution in [3.05, 3.63) is 29.3 Å². The number of aliphatic hydroxyl groups is 1.